The summed E-state index contributed by atoms with van der Waals surface area (Å²) in [6, 6.07) is 13.4. The summed E-state index contributed by atoms with van der Waals surface area (Å²) in [5.74, 6) is 0.386. The van der Waals surface area contributed by atoms with Crippen molar-refractivity contribution >= 4 is 17.7 Å². The highest BCUT2D eigenvalue weighted by atomic mass is 32.2. The molecule has 0 N–H and O–H groups in total. The lowest BCUT2D eigenvalue weighted by atomic mass is 9.99. The van der Waals surface area contributed by atoms with Gasteiger partial charge in [0.2, 0.25) is 0 Å². The van der Waals surface area contributed by atoms with Crippen LogP contribution in [0, 0.1) is 0 Å². The molecule has 3 nitrogen and oxygen atoms in total. The maximum atomic E-state index is 12.0. The Morgan fingerprint density at radius 1 is 1.05 bits per heavy atom. The van der Waals surface area contributed by atoms with Crippen LogP contribution in [0.2, 0.25) is 0 Å². The standard InChI is InChI=1S/C16H16O3S/c1-18-15-7-5-4-6-13(15)12-9-8-11(20-3)10-14(12)16(17)19-2/h4-10H,1-3H3. The molecule has 0 saturated heterocycles. The van der Waals surface area contributed by atoms with Gasteiger partial charge in [0.25, 0.3) is 0 Å². The first kappa shape index (κ1) is 14.5. The Kier molecular flexibility index (Phi) is 4.69. The van der Waals surface area contributed by atoms with E-state index in [1.807, 2.05) is 48.7 Å². The summed E-state index contributed by atoms with van der Waals surface area (Å²) < 4.78 is 10.2. The summed E-state index contributed by atoms with van der Waals surface area (Å²) in [4.78, 5) is 13.0. The second-order valence-corrected chi connectivity index (χ2v) is 4.98. The molecule has 0 radical (unpaired) electrons. The molecular weight excluding hydrogens is 272 g/mol. The quantitative estimate of drug-likeness (QED) is 0.632. The van der Waals surface area contributed by atoms with Gasteiger partial charge < -0.3 is 9.47 Å². The van der Waals surface area contributed by atoms with Crippen LogP contribution in [0.25, 0.3) is 11.1 Å². The largest absolute Gasteiger partial charge is 0.496 e. The van der Waals surface area contributed by atoms with Gasteiger partial charge in [-0.3, -0.25) is 0 Å². The second kappa shape index (κ2) is 6.48. The summed E-state index contributed by atoms with van der Waals surface area (Å²) >= 11 is 1.59. The average molecular weight is 288 g/mol. The predicted molar refractivity (Wildman–Crippen MR) is 81.6 cm³/mol. The van der Waals surface area contributed by atoms with Crippen molar-refractivity contribution in [3.05, 3.63) is 48.0 Å². The van der Waals surface area contributed by atoms with Crippen molar-refractivity contribution in [2.75, 3.05) is 20.5 Å². The molecule has 4 heteroatoms. The minimum Gasteiger partial charge on any atom is -0.496 e. The third kappa shape index (κ3) is 2.80. The number of benzene rings is 2. The minimum absolute atomic E-state index is 0.346. The van der Waals surface area contributed by atoms with Crippen LogP contribution in [-0.4, -0.2) is 26.4 Å². The number of hydrogen-bond donors (Lipinski definition) is 0. The van der Waals surface area contributed by atoms with Gasteiger partial charge in [0, 0.05) is 10.5 Å². The molecule has 2 aromatic rings. The summed E-state index contributed by atoms with van der Waals surface area (Å²) in [7, 11) is 3.01. The van der Waals surface area contributed by atoms with Crippen molar-refractivity contribution in [1.29, 1.82) is 0 Å². The van der Waals surface area contributed by atoms with E-state index in [4.69, 9.17) is 9.47 Å². The van der Waals surface area contributed by atoms with E-state index in [0.29, 0.717) is 5.56 Å². The monoisotopic (exact) mass is 288 g/mol. The number of rotatable bonds is 4. The van der Waals surface area contributed by atoms with Gasteiger partial charge in [0.15, 0.2) is 0 Å². The maximum Gasteiger partial charge on any atom is 0.338 e. The van der Waals surface area contributed by atoms with E-state index in [1.54, 1.807) is 18.9 Å². The molecule has 20 heavy (non-hydrogen) atoms. The molecule has 2 aromatic carbocycles. The summed E-state index contributed by atoms with van der Waals surface area (Å²) in [6.45, 7) is 0. The Balaban J connectivity index is 2.63. The van der Waals surface area contributed by atoms with Gasteiger partial charge >= 0.3 is 5.97 Å². The highest BCUT2D eigenvalue weighted by molar-refractivity contribution is 7.98. The normalized spacial score (nSPS) is 10.2. The van der Waals surface area contributed by atoms with Gasteiger partial charge in [-0.15, -0.1) is 11.8 Å². The topological polar surface area (TPSA) is 35.5 Å². The predicted octanol–water partition coefficient (Wildman–Crippen LogP) is 3.87. The van der Waals surface area contributed by atoms with E-state index in [9.17, 15) is 4.79 Å². The van der Waals surface area contributed by atoms with Crippen LogP contribution in [0.1, 0.15) is 10.4 Å². The third-order valence-electron chi connectivity index (χ3n) is 3.03. The molecule has 0 heterocycles. The number of carbonyl (C=O) groups is 1. The van der Waals surface area contributed by atoms with Crippen LogP contribution in [-0.2, 0) is 4.74 Å². The summed E-state index contributed by atoms with van der Waals surface area (Å²) in [5.41, 5.74) is 2.24. The van der Waals surface area contributed by atoms with Crippen LogP contribution in [0.4, 0.5) is 0 Å². The first-order chi connectivity index (χ1) is 9.71. The Labute approximate surface area is 122 Å². The van der Waals surface area contributed by atoms with E-state index in [2.05, 4.69) is 0 Å². The second-order valence-electron chi connectivity index (χ2n) is 4.10. The summed E-state index contributed by atoms with van der Waals surface area (Å²) in [5, 5.41) is 0. The van der Waals surface area contributed by atoms with Crippen LogP contribution >= 0.6 is 11.8 Å². The molecule has 0 unspecified atom stereocenters. The Morgan fingerprint density at radius 2 is 1.80 bits per heavy atom. The highest BCUT2D eigenvalue weighted by Gasteiger charge is 2.16. The van der Waals surface area contributed by atoms with Crippen molar-refractivity contribution < 1.29 is 14.3 Å². The van der Waals surface area contributed by atoms with Crippen LogP contribution in [0.5, 0.6) is 5.75 Å². The zero-order valence-corrected chi connectivity index (χ0v) is 12.5. The van der Waals surface area contributed by atoms with E-state index in [0.717, 1.165) is 21.8 Å². The number of para-hydroxylation sites is 1. The van der Waals surface area contributed by atoms with Gasteiger partial charge in [-0.25, -0.2) is 4.79 Å². The molecule has 0 saturated carbocycles. The van der Waals surface area contributed by atoms with Gasteiger partial charge in [-0.05, 0) is 30.0 Å². The molecule has 0 aliphatic heterocycles. The average Bonchev–Trinajstić information content (AvgIpc) is 2.53. The molecule has 0 atom stereocenters. The van der Waals surface area contributed by atoms with Crippen molar-refractivity contribution in [2.24, 2.45) is 0 Å². The lowest BCUT2D eigenvalue weighted by molar-refractivity contribution is 0.0601. The number of thioether (sulfide) groups is 1. The molecule has 2 rings (SSSR count). The molecule has 0 spiro atoms. The van der Waals surface area contributed by atoms with Gasteiger partial charge in [0.1, 0.15) is 5.75 Å². The lowest BCUT2D eigenvalue weighted by Gasteiger charge is -2.13. The molecular formula is C16H16O3S. The first-order valence-corrected chi connectivity index (χ1v) is 7.33. The van der Waals surface area contributed by atoms with Gasteiger partial charge in [-0.2, -0.15) is 0 Å². The Hall–Kier alpha value is -1.94. The Morgan fingerprint density at radius 3 is 2.45 bits per heavy atom. The first-order valence-electron chi connectivity index (χ1n) is 6.11. The highest BCUT2D eigenvalue weighted by Crippen LogP contribution is 2.34. The van der Waals surface area contributed by atoms with Crippen LogP contribution in [0.3, 0.4) is 0 Å². The fourth-order valence-electron chi connectivity index (χ4n) is 2.03. The number of hydrogen-bond acceptors (Lipinski definition) is 4. The van der Waals surface area contributed by atoms with Crippen molar-refractivity contribution in [1.82, 2.24) is 0 Å². The number of methoxy groups -OCH3 is 2. The summed E-state index contributed by atoms with van der Waals surface area (Å²) in [6.07, 6.45) is 1.97. The number of ether oxygens (including phenoxy) is 2. The fourth-order valence-corrected chi connectivity index (χ4v) is 2.47. The number of carbonyl (C=O) groups excluding carboxylic acids is 1. The number of esters is 1. The molecule has 0 bridgehead atoms. The SMILES string of the molecule is COC(=O)c1cc(SC)ccc1-c1ccccc1OC. The fraction of sp³-hybridized carbons (Fsp3) is 0.188. The zero-order chi connectivity index (χ0) is 14.5. The molecule has 0 aliphatic carbocycles. The molecule has 104 valence electrons. The molecule has 0 amide bonds. The van der Waals surface area contributed by atoms with Gasteiger partial charge in [0.05, 0.1) is 19.8 Å². The maximum absolute atomic E-state index is 12.0. The lowest BCUT2D eigenvalue weighted by Crippen LogP contribution is -2.04. The van der Waals surface area contributed by atoms with Crippen LogP contribution < -0.4 is 4.74 Å². The smallest absolute Gasteiger partial charge is 0.338 e. The minimum atomic E-state index is -0.346. The van der Waals surface area contributed by atoms with Crippen molar-refractivity contribution in [3.63, 3.8) is 0 Å². The van der Waals surface area contributed by atoms with Gasteiger partial charge in [-0.1, -0.05) is 24.3 Å². The third-order valence-corrected chi connectivity index (χ3v) is 3.75. The van der Waals surface area contributed by atoms with E-state index < -0.39 is 0 Å². The van der Waals surface area contributed by atoms with Crippen molar-refractivity contribution in [3.8, 4) is 16.9 Å². The van der Waals surface area contributed by atoms with E-state index in [-0.39, 0.29) is 5.97 Å². The van der Waals surface area contributed by atoms with Crippen molar-refractivity contribution in [2.45, 2.75) is 4.90 Å². The van der Waals surface area contributed by atoms with E-state index >= 15 is 0 Å². The Bertz CT molecular complexity index is 623. The molecule has 0 aliphatic rings. The molecule has 0 aromatic heterocycles. The molecule has 0 fully saturated rings. The zero-order valence-electron chi connectivity index (χ0n) is 11.7. The van der Waals surface area contributed by atoms with Crippen LogP contribution in [0.15, 0.2) is 47.4 Å². The van der Waals surface area contributed by atoms with E-state index in [1.165, 1.54) is 7.11 Å².